The van der Waals surface area contributed by atoms with E-state index in [0.717, 1.165) is 55.6 Å². The summed E-state index contributed by atoms with van der Waals surface area (Å²) in [7, 11) is 0. The van der Waals surface area contributed by atoms with E-state index >= 15 is 0 Å². The minimum atomic E-state index is -0.0349. The molecule has 1 aliphatic heterocycles. The summed E-state index contributed by atoms with van der Waals surface area (Å²) in [5, 5.41) is 22.6. The Balaban J connectivity index is 1.59. The maximum absolute atomic E-state index is 12.3. The molecule has 5 nitrogen and oxygen atoms in total. The standard InChI is InChI=1S/C18H25N3O2S/c19-11-15-14-6-1-2-7-16(14)24-18(15)20-17(23)8-10-21-9-4-3-5-13(21)12-22/h13,22H,1-10,12H2,(H,20,23)/t13-/m1/s1. The summed E-state index contributed by atoms with van der Waals surface area (Å²) in [6.45, 7) is 1.79. The molecule has 1 aromatic heterocycles. The molecule has 130 valence electrons. The number of likely N-dealkylation sites (tertiary alicyclic amines) is 1. The molecule has 0 aromatic carbocycles. The predicted molar refractivity (Wildman–Crippen MR) is 95.2 cm³/mol. The van der Waals surface area contributed by atoms with E-state index in [0.29, 0.717) is 18.5 Å². The zero-order valence-electron chi connectivity index (χ0n) is 14.0. The van der Waals surface area contributed by atoms with Crippen molar-refractivity contribution in [2.45, 2.75) is 57.4 Å². The zero-order chi connectivity index (χ0) is 16.9. The summed E-state index contributed by atoms with van der Waals surface area (Å²) >= 11 is 1.57. The molecule has 0 radical (unpaired) electrons. The van der Waals surface area contributed by atoms with E-state index in [4.69, 9.17) is 0 Å². The van der Waals surface area contributed by atoms with Crippen LogP contribution < -0.4 is 5.32 Å². The minimum Gasteiger partial charge on any atom is -0.395 e. The highest BCUT2D eigenvalue weighted by atomic mass is 32.1. The highest BCUT2D eigenvalue weighted by molar-refractivity contribution is 7.16. The number of amides is 1. The summed E-state index contributed by atoms with van der Waals surface area (Å²) in [5.74, 6) is -0.0349. The van der Waals surface area contributed by atoms with Crippen molar-refractivity contribution in [2.24, 2.45) is 0 Å². The largest absolute Gasteiger partial charge is 0.395 e. The van der Waals surface area contributed by atoms with E-state index in [1.54, 1.807) is 11.3 Å². The van der Waals surface area contributed by atoms with Gasteiger partial charge in [-0.25, -0.2) is 0 Å². The number of hydrogen-bond donors (Lipinski definition) is 2. The summed E-state index contributed by atoms with van der Waals surface area (Å²) < 4.78 is 0. The molecule has 0 unspecified atom stereocenters. The Morgan fingerprint density at radius 3 is 2.96 bits per heavy atom. The molecule has 1 atom stereocenters. The molecule has 6 heteroatoms. The fourth-order valence-corrected chi connectivity index (χ4v) is 5.02. The first-order valence-corrected chi connectivity index (χ1v) is 9.74. The van der Waals surface area contributed by atoms with Crippen LogP contribution in [0.2, 0.25) is 0 Å². The van der Waals surface area contributed by atoms with Crippen LogP contribution in [0.1, 0.15) is 54.5 Å². The molecule has 1 amide bonds. The van der Waals surface area contributed by atoms with Gasteiger partial charge >= 0.3 is 0 Å². The molecule has 24 heavy (non-hydrogen) atoms. The smallest absolute Gasteiger partial charge is 0.226 e. The van der Waals surface area contributed by atoms with Gasteiger partial charge in [0, 0.05) is 23.9 Å². The second-order valence-electron chi connectivity index (χ2n) is 6.69. The third-order valence-electron chi connectivity index (χ3n) is 5.12. The summed E-state index contributed by atoms with van der Waals surface area (Å²) in [4.78, 5) is 15.8. The number of aliphatic hydroxyl groups excluding tert-OH is 1. The van der Waals surface area contributed by atoms with Crippen molar-refractivity contribution in [3.63, 3.8) is 0 Å². The van der Waals surface area contributed by atoms with Gasteiger partial charge in [0.15, 0.2) is 0 Å². The number of rotatable bonds is 5. The van der Waals surface area contributed by atoms with Crippen LogP contribution in [0.15, 0.2) is 0 Å². The molecule has 1 fully saturated rings. The number of nitrogens with zero attached hydrogens (tertiary/aromatic N) is 2. The highest BCUT2D eigenvalue weighted by Gasteiger charge is 2.24. The summed E-state index contributed by atoms with van der Waals surface area (Å²) in [5.41, 5.74) is 1.83. The summed E-state index contributed by atoms with van der Waals surface area (Å²) in [6.07, 6.45) is 7.98. The number of nitriles is 1. The van der Waals surface area contributed by atoms with E-state index in [1.807, 2.05) is 0 Å². The van der Waals surface area contributed by atoms with Gasteiger partial charge in [0.05, 0.1) is 12.2 Å². The Morgan fingerprint density at radius 2 is 2.17 bits per heavy atom. The molecular formula is C18H25N3O2S. The van der Waals surface area contributed by atoms with Crippen LogP contribution in [0, 0.1) is 11.3 Å². The quantitative estimate of drug-likeness (QED) is 0.858. The fraction of sp³-hybridized carbons (Fsp3) is 0.667. The molecule has 1 aromatic rings. The maximum atomic E-state index is 12.3. The van der Waals surface area contributed by atoms with Gasteiger partial charge in [-0.05, 0) is 50.6 Å². The minimum absolute atomic E-state index is 0.0349. The van der Waals surface area contributed by atoms with Crippen LogP contribution in [0.25, 0.3) is 0 Å². The SMILES string of the molecule is N#Cc1c(NC(=O)CCN2CCCC[C@@H]2CO)sc2c1CCCC2. The van der Waals surface area contributed by atoms with Crippen LogP contribution in [0.4, 0.5) is 5.00 Å². The van der Waals surface area contributed by atoms with Crippen LogP contribution in [-0.4, -0.2) is 41.7 Å². The van der Waals surface area contributed by atoms with Crippen LogP contribution >= 0.6 is 11.3 Å². The number of piperidine rings is 1. The molecule has 1 saturated heterocycles. The van der Waals surface area contributed by atoms with Gasteiger partial charge in [-0.3, -0.25) is 9.69 Å². The van der Waals surface area contributed by atoms with E-state index in [1.165, 1.54) is 11.3 Å². The van der Waals surface area contributed by atoms with Crippen molar-refractivity contribution in [3.8, 4) is 6.07 Å². The van der Waals surface area contributed by atoms with Gasteiger partial charge in [0.2, 0.25) is 5.91 Å². The molecule has 0 spiro atoms. The first-order valence-electron chi connectivity index (χ1n) is 8.92. The Labute approximate surface area is 147 Å². The molecule has 0 saturated carbocycles. The van der Waals surface area contributed by atoms with Crippen molar-refractivity contribution >= 4 is 22.2 Å². The first-order chi connectivity index (χ1) is 11.7. The van der Waals surface area contributed by atoms with Crippen molar-refractivity contribution < 1.29 is 9.90 Å². The van der Waals surface area contributed by atoms with Crippen molar-refractivity contribution in [2.75, 3.05) is 25.0 Å². The molecule has 0 bridgehead atoms. The van der Waals surface area contributed by atoms with E-state index in [-0.39, 0.29) is 18.6 Å². The van der Waals surface area contributed by atoms with Crippen LogP contribution in [0.3, 0.4) is 0 Å². The summed E-state index contributed by atoms with van der Waals surface area (Å²) in [6, 6.07) is 2.47. The van der Waals surface area contributed by atoms with Crippen LogP contribution in [-0.2, 0) is 17.6 Å². The average molecular weight is 347 g/mol. The number of nitrogens with one attached hydrogen (secondary N) is 1. The van der Waals surface area contributed by atoms with Gasteiger partial charge in [0.25, 0.3) is 0 Å². The molecule has 2 heterocycles. The predicted octanol–water partition coefficient (Wildman–Crippen LogP) is 2.67. The maximum Gasteiger partial charge on any atom is 0.226 e. The second kappa shape index (κ2) is 8.11. The number of carbonyl (C=O) groups excluding carboxylic acids is 1. The number of thiophene rings is 1. The van der Waals surface area contributed by atoms with Gasteiger partial charge < -0.3 is 10.4 Å². The van der Waals surface area contributed by atoms with Crippen molar-refractivity contribution in [3.05, 3.63) is 16.0 Å². The third-order valence-corrected chi connectivity index (χ3v) is 6.33. The van der Waals surface area contributed by atoms with Gasteiger partial charge in [-0.2, -0.15) is 5.26 Å². The number of aliphatic hydroxyl groups is 1. The number of aryl methyl sites for hydroxylation is 1. The number of carbonyl (C=O) groups is 1. The lowest BCUT2D eigenvalue weighted by molar-refractivity contribution is -0.116. The lowest BCUT2D eigenvalue weighted by Gasteiger charge is -2.34. The number of fused-ring (bicyclic) bond motifs is 1. The molecule has 2 aliphatic rings. The lowest BCUT2D eigenvalue weighted by atomic mass is 9.96. The first kappa shape index (κ1) is 17.4. The van der Waals surface area contributed by atoms with Gasteiger partial charge in [-0.1, -0.05) is 6.42 Å². The Hall–Kier alpha value is -1.42. The number of hydrogen-bond acceptors (Lipinski definition) is 5. The van der Waals surface area contributed by atoms with Crippen molar-refractivity contribution in [1.82, 2.24) is 4.90 Å². The zero-order valence-corrected chi connectivity index (χ0v) is 14.8. The monoisotopic (exact) mass is 347 g/mol. The van der Waals surface area contributed by atoms with E-state index < -0.39 is 0 Å². The Kier molecular flexibility index (Phi) is 5.88. The molecular weight excluding hydrogens is 322 g/mol. The van der Waals surface area contributed by atoms with E-state index in [9.17, 15) is 15.2 Å². The Morgan fingerprint density at radius 1 is 1.33 bits per heavy atom. The second-order valence-corrected chi connectivity index (χ2v) is 7.80. The Bertz CT molecular complexity index is 635. The molecule has 3 rings (SSSR count). The number of anilines is 1. The lowest BCUT2D eigenvalue weighted by Crippen LogP contribution is -2.43. The van der Waals surface area contributed by atoms with Gasteiger partial charge in [-0.15, -0.1) is 11.3 Å². The highest BCUT2D eigenvalue weighted by Crippen LogP contribution is 2.37. The molecule has 2 N–H and O–H groups in total. The van der Waals surface area contributed by atoms with Crippen LogP contribution in [0.5, 0.6) is 0 Å². The van der Waals surface area contributed by atoms with E-state index in [2.05, 4.69) is 16.3 Å². The third kappa shape index (κ3) is 3.80. The average Bonchev–Trinajstić information content (AvgIpc) is 2.97. The molecule has 1 aliphatic carbocycles. The normalized spacial score (nSPS) is 21.1. The van der Waals surface area contributed by atoms with Gasteiger partial charge in [0.1, 0.15) is 11.1 Å². The van der Waals surface area contributed by atoms with Crippen molar-refractivity contribution in [1.29, 1.82) is 5.26 Å². The topological polar surface area (TPSA) is 76.4 Å². The fourth-order valence-electron chi connectivity index (χ4n) is 3.77.